The molecule has 14 heavy (non-hydrogen) atoms. The number of methoxy groups -OCH3 is 1. The molecule has 2 N–H and O–H groups in total. The second kappa shape index (κ2) is 4.60. The smallest absolute Gasteiger partial charge is 0.0595 e. The van der Waals surface area contributed by atoms with E-state index in [0.29, 0.717) is 18.2 Å². The first-order valence-electron chi connectivity index (χ1n) is 5.83. The molecule has 2 rings (SSSR count). The van der Waals surface area contributed by atoms with Gasteiger partial charge in [0.1, 0.15) is 0 Å². The zero-order valence-corrected chi connectivity index (χ0v) is 9.11. The fourth-order valence-electron chi connectivity index (χ4n) is 2.87. The molecule has 0 bridgehead atoms. The summed E-state index contributed by atoms with van der Waals surface area (Å²) >= 11 is 0. The van der Waals surface area contributed by atoms with Crippen LogP contribution in [0.5, 0.6) is 0 Å². The summed E-state index contributed by atoms with van der Waals surface area (Å²) in [5.41, 5.74) is 6.10. The number of nitrogens with zero attached hydrogens (tertiary/aromatic N) is 1. The lowest BCUT2D eigenvalue weighted by molar-refractivity contribution is 0.0259. The van der Waals surface area contributed by atoms with Crippen LogP contribution in [0.1, 0.15) is 32.1 Å². The Bertz CT molecular complexity index is 178. The molecule has 0 amide bonds. The third kappa shape index (κ3) is 2.10. The lowest BCUT2D eigenvalue weighted by Gasteiger charge is -2.37. The molecule has 2 unspecified atom stereocenters. The van der Waals surface area contributed by atoms with Gasteiger partial charge in [-0.2, -0.15) is 0 Å². The standard InChI is InChI=1S/C11H22N2O/c1-14-9-5-7-13(8-6-9)11-4-2-3-10(11)12/h9-11H,2-8,12H2,1H3. The Kier molecular flexibility index (Phi) is 3.42. The monoisotopic (exact) mass is 198 g/mol. The Morgan fingerprint density at radius 2 is 1.86 bits per heavy atom. The maximum absolute atomic E-state index is 6.10. The highest BCUT2D eigenvalue weighted by atomic mass is 16.5. The van der Waals surface area contributed by atoms with Gasteiger partial charge in [0.2, 0.25) is 0 Å². The second-order valence-electron chi connectivity index (χ2n) is 4.63. The van der Waals surface area contributed by atoms with E-state index in [-0.39, 0.29) is 0 Å². The van der Waals surface area contributed by atoms with Crippen LogP contribution in [0.4, 0.5) is 0 Å². The fraction of sp³-hybridized carbons (Fsp3) is 1.00. The predicted octanol–water partition coefficient (Wildman–Crippen LogP) is 0.977. The molecule has 82 valence electrons. The Morgan fingerprint density at radius 3 is 2.36 bits per heavy atom. The summed E-state index contributed by atoms with van der Waals surface area (Å²) in [5.74, 6) is 0. The summed E-state index contributed by atoms with van der Waals surface area (Å²) in [7, 11) is 1.82. The van der Waals surface area contributed by atoms with E-state index in [0.717, 1.165) is 0 Å². The predicted molar refractivity (Wildman–Crippen MR) is 57.2 cm³/mol. The maximum atomic E-state index is 6.10. The number of ether oxygens (including phenoxy) is 1. The minimum absolute atomic E-state index is 0.425. The van der Waals surface area contributed by atoms with Crippen molar-refractivity contribution in [2.45, 2.75) is 50.3 Å². The molecule has 1 heterocycles. The van der Waals surface area contributed by atoms with Crippen LogP contribution >= 0.6 is 0 Å². The van der Waals surface area contributed by atoms with Gasteiger partial charge in [-0.1, -0.05) is 6.42 Å². The van der Waals surface area contributed by atoms with Gasteiger partial charge in [-0.15, -0.1) is 0 Å². The van der Waals surface area contributed by atoms with Gasteiger partial charge in [0, 0.05) is 32.3 Å². The van der Waals surface area contributed by atoms with E-state index in [2.05, 4.69) is 4.90 Å². The normalized spacial score (nSPS) is 36.4. The van der Waals surface area contributed by atoms with Gasteiger partial charge in [0.05, 0.1) is 6.10 Å². The summed E-state index contributed by atoms with van der Waals surface area (Å²) in [6, 6.07) is 1.09. The highest BCUT2D eigenvalue weighted by Gasteiger charge is 2.31. The molecule has 3 heteroatoms. The molecule has 2 fully saturated rings. The van der Waals surface area contributed by atoms with Gasteiger partial charge < -0.3 is 10.5 Å². The molecule has 0 aromatic rings. The molecule has 0 aromatic heterocycles. The second-order valence-corrected chi connectivity index (χ2v) is 4.63. The zero-order valence-electron chi connectivity index (χ0n) is 9.11. The number of hydrogen-bond donors (Lipinski definition) is 1. The van der Waals surface area contributed by atoms with Crippen LogP contribution < -0.4 is 5.73 Å². The van der Waals surface area contributed by atoms with Gasteiger partial charge in [-0.3, -0.25) is 4.90 Å². The van der Waals surface area contributed by atoms with Gasteiger partial charge in [0.15, 0.2) is 0 Å². The Hall–Kier alpha value is -0.120. The van der Waals surface area contributed by atoms with Crippen LogP contribution in [-0.4, -0.2) is 43.3 Å². The molecule has 0 aromatic carbocycles. The Balaban J connectivity index is 1.82. The first-order chi connectivity index (χ1) is 6.81. The summed E-state index contributed by atoms with van der Waals surface area (Å²) in [5, 5.41) is 0. The van der Waals surface area contributed by atoms with Gasteiger partial charge in [0.25, 0.3) is 0 Å². The van der Waals surface area contributed by atoms with Gasteiger partial charge in [-0.05, 0) is 25.7 Å². The number of piperidine rings is 1. The number of hydrogen-bond acceptors (Lipinski definition) is 3. The highest BCUT2D eigenvalue weighted by Crippen LogP contribution is 2.25. The number of rotatable bonds is 2. The van der Waals surface area contributed by atoms with E-state index in [1.807, 2.05) is 7.11 Å². The summed E-state index contributed by atoms with van der Waals surface area (Å²) in [6.07, 6.45) is 6.69. The third-order valence-electron chi connectivity index (χ3n) is 3.81. The first-order valence-corrected chi connectivity index (χ1v) is 5.83. The summed E-state index contributed by atoms with van der Waals surface area (Å²) in [6.45, 7) is 2.35. The van der Waals surface area contributed by atoms with Crippen LogP contribution in [0, 0.1) is 0 Å². The van der Waals surface area contributed by atoms with E-state index in [1.165, 1.54) is 45.2 Å². The van der Waals surface area contributed by atoms with Crippen molar-refractivity contribution >= 4 is 0 Å². The van der Waals surface area contributed by atoms with Crippen molar-refractivity contribution in [3.05, 3.63) is 0 Å². The van der Waals surface area contributed by atoms with Crippen LogP contribution in [-0.2, 0) is 4.74 Å². The van der Waals surface area contributed by atoms with E-state index in [4.69, 9.17) is 10.5 Å². The van der Waals surface area contributed by atoms with E-state index in [1.54, 1.807) is 0 Å². The van der Waals surface area contributed by atoms with Crippen LogP contribution in [0.3, 0.4) is 0 Å². The molecule has 2 aliphatic rings. The average Bonchev–Trinajstić information content (AvgIpc) is 2.65. The molecule has 1 saturated carbocycles. The maximum Gasteiger partial charge on any atom is 0.0595 e. The van der Waals surface area contributed by atoms with Gasteiger partial charge in [-0.25, -0.2) is 0 Å². The van der Waals surface area contributed by atoms with Crippen molar-refractivity contribution in [2.75, 3.05) is 20.2 Å². The SMILES string of the molecule is COC1CCN(C2CCCC2N)CC1. The molecule has 0 spiro atoms. The Morgan fingerprint density at radius 1 is 1.14 bits per heavy atom. The molecule has 2 atom stereocenters. The number of likely N-dealkylation sites (tertiary alicyclic amines) is 1. The topological polar surface area (TPSA) is 38.5 Å². The molecular formula is C11H22N2O. The van der Waals surface area contributed by atoms with Crippen LogP contribution in [0.15, 0.2) is 0 Å². The van der Waals surface area contributed by atoms with Crippen molar-refractivity contribution in [3.8, 4) is 0 Å². The lowest BCUT2D eigenvalue weighted by atomic mass is 10.0. The molecule has 0 radical (unpaired) electrons. The van der Waals surface area contributed by atoms with Crippen molar-refractivity contribution in [1.82, 2.24) is 4.90 Å². The van der Waals surface area contributed by atoms with E-state index in [9.17, 15) is 0 Å². The highest BCUT2D eigenvalue weighted by molar-refractivity contribution is 4.90. The molecular weight excluding hydrogens is 176 g/mol. The molecule has 3 nitrogen and oxygen atoms in total. The van der Waals surface area contributed by atoms with E-state index >= 15 is 0 Å². The van der Waals surface area contributed by atoms with Gasteiger partial charge >= 0.3 is 0 Å². The van der Waals surface area contributed by atoms with E-state index < -0.39 is 0 Å². The molecule has 1 aliphatic carbocycles. The quantitative estimate of drug-likeness (QED) is 0.719. The minimum atomic E-state index is 0.425. The first kappa shape index (κ1) is 10.4. The van der Waals surface area contributed by atoms with Crippen molar-refractivity contribution in [3.63, 3.8) is 0 Å². The minimum Gasteiger partial charge on any atom is -0.381 e. The largest absolute Gasteiger partial charge is 0.381 e. The third-order valence-corrected chi connectivity index (χ3v) is 3.81. The van der Waals surface area contributed by atoms with Crippen molar-refractivity contribution in [2.24, 2.45) is 5.73 Å². The fourth-order valence-corrected chi connectivity index (χ4v) is 2.87. The van der Waals surface area contributed by atoms with Crippen molar-refractivity contribution in [1.29, 1.82) is 0 Å². The van der Waals surface area contributed by atoms with Crippen molar-refractivity contribution < 1.29 is 4.74 Å². The lowest BCUT2D eigenvalue weighted by Crippen LogP contribution is -2.48. The molecule has 1 saturated heterocycles. The molecule has 1 aliphatic heterocycles. The van der Waals surface area contributed by atoms with Crippen LogP contribution in [0.2, 0.25) is 0 Å². The number of nitrogens with two attached hydrogens (primary N) is 1. The zero-order chi connectivity index (χ0) is 9.97. The Labute approximate surface area is 86.6 Å². The summed E-state index contributed by atoms with van der Waals surface area (Å²) < 4.78 is 5.37. The average molecular weight is 198 g/mol. The summed E-state index contributed by atoms with van der Waals surface area (Å²) in [4.78, 5) is 2.58. The van der Waals surface area contributed by atoms with Crippen LogP contribution in [0.25, 0.3) is 0 Å².